The molecule has 62 valence electrons. The molecule has 0 bridgehead atoms. The molecule has 0 saturated heterocycles. The van der Waals surface area contributed by atoms with Gasteiger partial charge in [0.15, 0.2) is 11.6 Å². The summed E-state index contributed by atoms with van der Waals surface area (Å²) in [5.74, 6) is -1.80. The molecule has 1 rings (SSSR count). The molecule has 3 heteroatoms. The van der Waals surface area contributed by atoms with E-state index >= 15 is 0 Å². The van der Waals surface area contributed by atoms with Crippen LogP contribution in [-0.4, -0.2) is 6.29 Å². The van der Waals surface area contributed by atoms with E-state index in [0.29, 0.717) is 11.8 Å². The number of allylic oxidation sites excluding steroid dienone is 1. The van der Waals surface area contributed by atoms with Gasteiger partial charge in [-0.3, -0.25) is 4.79 Å². The topological polar surface area (TPSA) is 17.1 Å². The monoisotopic (exact) mass is 168 g/mol. The normalized spacial score (nSPS) is 10.5. The van der Waals surface area contributed by atoms with Gasteiger partial charge >= 0.3 is 0 Å². The molecule has 1 nitrogen and oxygen atoms in total. The van der Waals surface area contributed by atoms with E-state index in [4.69, 9.17) is 0 Å². The zero-order valence-corrected chi connectivity index (χ0v) is 6.13. The lowest BCUT2D eigenvalue weighted by Gasteiger charge is -1.93. The number of carbonyl (C=O) groups excluding carboxylic acids is 1. The number of rotatable bonds is 2. The highest BCUT2D eigenvalue weighted by molar-refractivity contribution is 5.73. The van der Waals surface area contributed by atoms with Crippen LogP contribution in [0.4, 0.5) is 8.78 Å². The zero-order chi connectivity index (χ0) is 8.97. The van der Waals surface area contributed by atoms with E-state index in [1.165, 1.54) is 18.2 Å². The molecule has 0 aliphatic carbocycles. The molecule has 12 heavy (non-hydrogen) atoms. The first kappa shape index (κ1) is 8.59. The number of aldehydes is 1. The molecular formula is C9H6F2O. The molecule has 0 N–H and O–H groups in total. The fraction of sp³-hybridized carbons (Fsp3) is 0. The van der Waals surface area contributed by atoms with Gasteiger partial charge in [-0.05, 0) is 23.8 Å². The van der Waals surface area contributed by atoms with E-state index in [-0.39, 0.29) is 0 Å². The molecule has 0 radical (unpaired) electrons. The van der Waals surface area contributed by atoms with Gasteiger partial charge in [-0.15, -0.1) is 0 Å². The van der Waals surface area contributed by atoms with Gasteiger partial charge in [-0.1, -0.05) is 12.1 Å². The Morgan fingerprint density at radius 2 is 1.92 bits per heavy atom. The Morgan fingerprint density at radius 1 is 1.17 bits per heavy atom. The lowest BCUT2D eigenvalue weighted by atomic mass is 10.2. The van der Waals surface area contributed by atoms with Crippen molar-refractivity contribution in [3.8, 4) is 0 Å². The predicted molar refractivity (Wildman–Crippen MR) is 41.5 cm³/mol. The Bertz CT molecular complexity index is 318. The van der Waals surface area contributed by atoms with Gasteiger partial charge in [0.05, 0.1) is 0 Å². The van der Waals surface area contributed by atoms with Crippen LogP contribution in [0.15, 0.2) is 24.3 Å². The molecule has 1 aromatic carbocycles. The van der Waals surface area contributed by atoms with E-state index in [2.05, 4.69) is 0 Å². The Balaban J connectivity index is 2.96. The maximum absolute atomic E-state index is 12.5. The van der Waals surface area contributed by atoms with Crippen LogP contribution in [0.5, 0.6) is 0 Å². The van der Waals surface area contributed by atoms with Crippen molar-refractivity contribution >= 4 is 12.4 Å². The van der Waals surface area contributed by atoms with Crippen LogP contribution >= 0.6 is 0 Å². The summed E-state index contributed by atoms with van der Waals surface area (Å²) >= 11 is 0. The Labute approximate surface area is 68.3 Å². The minimum atomic E-state index is -0.914. The van der Waals surface area contributed by atoms with Crippen molar-refractivity contribution in [2.75, 3.05) is 0 Å². The standard InChI is InChI=1S/C9H6F2O/c10-8-4-3-7(2-1-5-12)6-9(8)11/h1-6H/b2-1+. The molecule has 0 fully saturated rings. The molecule has 0 aliphatic heterocycles. The highest BCUT2D eigenvalue weighted by atomic mass is 19.2. The van der Waals surface area contributed by atoms with Crippen LogP contribution in [-0.2, 0) is 4.79 Å². The van der Waals surface area contributed by atoms with E-state index in [9.17, 15) is 13.6 Å². The van der Waals surface area contributed by atoms with Crippen LogP contribution in [0.2, 0.25) is 0 Å². The van der Waals surface area contributed by atoms with Crippen LogP contribution in [0.25, 0.3) is 6.08 Å². The van der Waals surface area contributed by atoms with Gasteiger partial charge in [0, 0.05) is 0 Å². The molecule has 0 aromatic heterocycles. The maximum Gasteiger partial charge on any atom is 0.159 e. The SMILES string of the molecule is O=C/C=C/c1ccc(F)c(F)c1. The number of carbonyl (C=O) groups is 1. The maximum atomic E-state index is 12.5. The van der Waals surface area contributed by atoms with Crippen molar-refractivity contribution in [3.05, 3.63) is 41.5 Å². The number of halogens is 2. The second kappa shape index (κ2) is 3.76. The first-order valence-corrected chi connectivity index (χ1v) is 3.31. The third-order valence-corrected chi connectivity index (χ3v) is 1.31. The summed E-state index contributed by atoms with van der Waals surface area (Å²) in [5.41, 5.74) is 0.459. The Morgan fingerprint density at radius 3 is 2.50 bits per heavy atom. The van der Waals surface area contributed by atoms with Gasteiger partial charge in [0.1, 0.15) is 6.29 Å². The molecular weight excluding hydrogens is 162 g/mol. The summed E-state index contributed by atoms with van der Waals surface area (Å²) in [7, 11) is 0. The van der Waals surface area contributed by atoms with E-state index in [1.807, 2.05) is 0 Å². The van der Waals surface area contributed by atoms with Crippen molar-refractivity contribution in [2.24, 2.45) is 0 Å². The molecule has 0 unspecified atom stereocenters. The highest BCUT2D eigenvalue weighted by Crippen LogP contribution is 2.09. The lowest BCUT2D eigenvalue weighted by Crippen LogP contribution is -1.83. The van der Waals surface area contributed by atoms with E-state index < -0.39 is 11.6 Å². The second-order valence-corrected chi connectivity index (χ2v) is 2.17. The average molecular weight is 168 g/mol. The minimum Gasteiger partial charge on any atom is -0.299 e. The largest absolute Gasteiger partial charge is 0.299 e. The molecule has 1 aromatic rings. The van der Waals surface area contributed by atoms with Gasteiger partial charge in [0.2, 0.25) is 0 Å². The lowest BCUT2D eigenvalue weighted by molar-refractivity contribution is -0.104. The molecule has 0 amide bonds. The summed E-state index contributed by atoms with van der Waals surface area (Å²) in [6.07, 6.45) is 3.18. The molecule has 0 heterocycles. The van der Waals surface area contributed by atoms with Gasteiger partial charge in [-0.2, -0.15) is 0 Å². The summed E-state index contributed by atoms with van der Waals surface area (Å²) in [6, 6.07) is 3.42. The number of benzene rings is 1. The smallest absolute Gasteiger partial charge is 0.159 e. The second-order valence-electron chi connectivity index (χ2n) is 2.17. The predicted octanol–water partition coefficient (Wildman–Crippen LogP) is 2.18. The van der Waals surface area contributed by atoms with Crippen molar-refractivity contribution in [1.82, 2.24) is 0 Å². The van der Waals surface area contributed by atoms with Crippen molar-refractivity contribution in [2.45, 2.75) is 0 Å². The fourth-order valence-electron chi connectivity index (χ4n) is 0.766. The van der Waals surface area contributed by atoms with Crippen LogP contribution in [0.3, 0.4) is 0 Å². The van der Waals surface area contributed by atoms with Crippen LogP contribution < -0.4 is 0 Å². The van der Waals surface area contributed by atoms with Crippen molar-refractivity contribution < 1.29 is 13.6 Å². The Hall–Kier alpha value is -1.51. The summed E-state index contributed by atoms with van der Waals surface area (Å²) in [4.78, 5) is 9.88. The quantitative estimate of drug-likeness (QED) is 0.488. The summed E-state index contributed by atoms with van der Waals surface area (Å²) in [5, 5.41) is 0. The van der Waals surface area contributed by atoms with Crippen molar-refractivity contribution in [3.63, 3.8) is 0 Å². The van der Waals surface area contributed by atoms with Gasteiger partial charge in [-0.25, -0.2) is 8.78 Å². The Kier molecular flexibility index (Phi) is 2.69. The minimum absolute atomic E-state index is 0.459. The first-order valence-electron chi connectivity index (χ1n) is 3.31. The summed E-state index contributed by atoms with van der Waals surface area (Å²) in [6.45, 7) is 0. The number of hydrogen-bond acceptors (Lipinski definition) is 1. The number of hydrogen-bond donors (Lipinski definition) is 0. The van der Waals surface area contributed by atoms with E-state index in [1.54, 1.807) is 0 Å². The first-order chi connectivity index (χ1) is 5.74. The van der Waals surface area contributed by atoms with Gasteiger partial charge < -0.3 is 0 Å². The third-order valence-electron chi connectivity index (χ3n) is 1.31. The van der Waals surface area contributed by atoms with Crippen LogP contribution in [0, 0.1) is 11.6 Å². The fourth-order valence-corrected chi connectivity index (χ4v) is 0.766. The summed E-state index contributed by atoms with van der Waals surface area (Å²) < 4.78 is 24.9. The molecule has 0 aliphatic rings. The molecule has 0 spiro atoms. The molecule has 0 atom stereocenters. The van der Waals surface area contributed by atoms with Gasteiger partial charge in [0.25, 0.3) is 0 Å². The van der Waals surface area contributed by atoms with E-state index in [0.717, 1.165) is 12.1 Å². The molecule has 0 saturated carbocycles. The highest BCUT2D eigenvalue weighted by Gasteiger charge is 1.99. The van der Waals surface area contributed by atoms with Crippen molar-refractivity contribution in [1.29, 1.82) is 0 Å². The van der Waals surface area contributed by atoms with Crippen LogP contribution in [0.1, 0.15) is 5.56 Å². The average Bonchev–Trinajstić information content (AvgIpc) is 2.07. The zero-order valence-electron chi connectivity index (χ0n) is 6.13. The third kappa shape index (κ3) is 1.99.